The summed E-state index contributed by atoms with van der Waals surface area (Å²) >= 11 is 0. The maximum Gasteiger partial charge on any atom is 0.0958 e. The predicted molar refractivity (Wildman–Crippen MR) is 55.1 cm³/mol. The molecule has 2 rings (SSSR count). The molecule has 0 unspecified atom stereocenters. The number of nitrogens with one attached hydrogen (secondary N) is 1. The van der Waals surface area contributed by atoms with E-state index in [0.717, 1.165) is 18.8 Å². The Balaban J connectivity index is 1.92. The van der Waals surface area contributed by atoms with Gasteiger partial charge in [0, 0.05) is 19.5 Å². The summed E-state index contributed by atoms with van der Waals surface area (Å²) in [6.07, 6.45) is 7.73. The van der Waals surface area contributed by atoms with Gasteiger partial charge in [-0.1, -0.05) is 13.3 Å². The third kappa shape index (κ3) is 1.59. The topological polar surface area (TPSA) is 27.1 Å². The Morgan fingerprint density at radius 3 is 2.54 bits per heavy atom. The molecule has 0 spiro atoms. The van der Waals surface area contributed by atoms with Gasteiger partial charge in [0.15, 0.2) is 0 Å². The Morgan fingerprint density at radius 2 is 2.15 bits per heavy atom. The van der Waals surface area contributed by atoms with Crippen LogP contribution >= 0.6 is 0 Å². The number of likely N-dealkylation sites (tertiary alicyclic amines) is 1. The van der Waals surface area contributed by atoms with Gasteiger partial charge in [-0.25, -0.2) is 0 Å². The summed E-state index contributed by atoms with van der Waals surface area (Å²) in [4.78, 5) is 2.31. The molecule has 0 aromatic heterocycles. The lowest BCUT2D eigenvalue weighted by atomic mass is 9.67. The van der Waals surface area contributed by atoms with Gasteiger partial charge in [-0.05, 0) is 31.1 Å². The van der Waals surface area contributed by atoms with Crippen LogP contribution < -0.4 is 0 Å². The maximum absolute atomic E-state index is 7.79. The lowest BCUT2D eigenvalue weighted by Gasteiger charge is -2.44. The zero-order chi connectivity index (χ0) is 9.31. The lowest BCUT2D eigenvalue weighted by molar-refractivity contribution is 0.0935. The number of nitrogens with zero attached hydrogens (tertiary/aromatic N) is 1. The third-order valence-electron chi connectivity index (χ3n) is 3.91. The van der Waals surface area contributed by atoms with Crippen LogP contribution in [0, 0.1) is 10.8 Å². The molecule has 0 radical (unpaired) electrons. The monoisotopic (exact) mass is 180 g/mol. The number of hydrogen-bond donors (Lipinski definition) is 1. The first-order valence-corrected chi connectivity index (χ1v) is 5.58. The smallest absolute Gasteiger partial charge is 0.0958 e. The Labute approximate surface area is 80.8 Å². The van der Waals surface area contributed by atoms with Crippen molar-refractivity contribution in [2.24, 2.45) is 5.41 Å². The van der Waals surface area contributed by atoms with E-state index in [2.05, 4.69) is 11.8 Å². The fourth-order valence-corrected chi connectivity index (χ4v) is 2.61. The van der Waals surface area contributed by atoms with Crippen LogP contribution in [0.3, 0.4) is 0 Å². The molecule has 1 saturated carbocycles. The van der Waals surface area contributed by atoms with Crippen molar-refractivity contribution in [3.63, 3.8) is 0 Å². The van der Waals surface area contributed by atoms with E-state index in [4.69, 9.17) is 5.41 Å². The van der Waals surface area contributed by atoms with Crippen LogP contribution in [0.1, 0.15) is 45.4 Å². The first-order chi connectivity index (χ1) is 6.26. The lowest BCUT2D eigenvalue weighted by Crippen LogP contribution is -2.42. The minimum atomic E-state index is 0.594. The molecule has 0 aromatic carbocycles. The molecule has 1 N–H and O–H groups in total. The molecule has 2 aliphatic rings. The van der Waals surface area contributed by atoms with E-state index in [-0.39, 0.29) is 0 Å². The van der Waals surface area contributed by atoms with Gasteiger partial charge in [0.25, 0.3) is 0 Å². The summed E-state index contributed by atoms with van der Waals surface area (Å²) < 4.78 is 0. The van der Waals surface area contributed by atoms with Crippen LogP contribution in [0.4, 0.5) is 0 Å². The van der Waals surface area contributed by atoms with Crippen molar-refractivity contribution in [2.75, 3.05) is 13.1 Å². The van der Waals surface area contributed by atoms with E-state index in [0.29, 0.717) is 5.41 Å². The molecule has 74 valence electrons. The minimum absolute atomic E-state index is 0.594. The van der Waals surface area contributed by atoms with Gasteiger partial charge in [0.1, 0.15) is 0 Å². The summed E-state index contributed by atoms with van der Waals surface area (Å²) in [6.45, 7) is 4.61. The van der Waals surface area contributed by atoms with Gasteiger partial charge in [-0.2, -0.15) is 0 Å². The Kier molecular flexibility index (Phi) is 2.31. The van der Waals surface area contributed by atoms with Gasteiger partial charge < -0.3 is 4.90 Å². The highest BCUT2D eigenvalue weighted by Crippen LogP contribution is 2.44. The molecule has 1 aliphatic heterocycles. The average Bonchev–Trinajstić information content (AvgIpc) is 2.44. The molecule has 1 aliphatic carbocycles. The van der Waals surface area contributed by atoms with Gasteiger partial charge in [0.2, 0.25) is 0 Å². The van der Waals surface area contributed by atoms with Crippen molar-refractivity contribution in [1.29, 1.82) is 5.41 Å². The zero-order valence-electron chi connectivity index (χ0n) is 8.60. The second-order valence-corrected chi connectivity index (χ2v) is 4.68. The molecule has 2 heteroatoms. The van der Waals surface area contributed by atoms with Crippen LogP contribution in [0.2, 0.25) is 0 Å². The standard InChI is InChI=1S/C11H20N2/c1-2-11(6-4-7-11)9-13-8-3-5-10(13)12/h12H,2-9H2,1H3. The fraction of sp³-hybridized carbons (Fsp3) is 0.909. The molecule has 0 aromatic rings. The van der Waals surface area contributed by atoms with E-state index in [1.54, 1.807) is 0 Å². The van der Waals surface area contributed by atoms with E-state index in [1.807, 2.05) is 0 Å². The normalized spacial score (nSPS) is 26.2. The first kappa shape index (κ1) is 9.04. The van der Waals surface area contributed by atoms with Gasteiger partial charge in [-0.15, -0.1) is 0 Å². The summed E-state index contributed by atoms with van der Waals surface area (Å²) in [6, 6.07) is 0. The highest BCUT2D eigenvalue weighted by Gasteiger charge is 2.37. The van der Waals surface area contributed by atoms with E-state index < -0.39 is 0 Å². The molecule has 1 heterocycles. The molecular formula is C11H20N2. The minimum Gasteiger partial charge on any atom is -0.360 e. The summed E-state index contributed by atoms with van der Waals surface area (Å²) in [5.74, 6) is 0.889. The quantitative estimate of drug-likeness (QED) is 0.710. The summed E-state index contributed by atoms with van der Waals surface area (Å²) in [5, 5.41) is 7.79. The molecular weight excluding hydrogens is 160 g/mol. The van der Waals surface area contributed by atoms with Crippen LogP contribution in [0.25, 0.3) is 0 Å². The van der Waals surface area contributed by atoms with Crippen molar-refractivity contribution in [3.05, 3.63) is 0 Å². The van der Waals surface area contributed by atoms with Crippen molar-refractivity contribution >= 4 is 5.84 Å². The van der Waals surface area contributed by atoms with Crippen LogP contribution in [-0.2, 0) is 0 Å². The third-order valence-corrected chi connectivity index (χ3v) is 3.91. The molecule has 0 atom stereocenters. The number of amidine groups is 1. The molecule has 1 saturated heterocycles. The van der Waals surface area contributed by atoms with Crippen LogP contribution in [0.5, 0.6) is 0 Å². The van der Waals surface area contributed by atoms with Crippen molar-refractivity contribution in [3.8, 4) is 0 Å². The van der Waals surface area contributed by atoms with Gasteiger partial charge in [0.05, 0.1) is 5.84 Å². The number of rotatable bonds is 3. The van der Waals surface area contributed by atoms with E-state index in [9.17, 15) is 0 Å². The second kappa shape index (κ2) is 3.32. The zero-order valence-corrected chi connectivity index (χ0v) is 8.60. The van der Waals surface area contributed by atoms with Gasteiger partial charge in [-0.3, -0.25) is 5.41 Å². The Bertz CT molecular complexity index is 201. The second-order valence-electron chi connectivity index (χ2n) is 4.68. The fourth-order valence-electron chi connectivity index (χ4n) is 2.61. The van der Waals surface area contributed by atoms with Crippen molar-refractivity contribution in [1.82, 2.24) is 4.90 Å². The summed E-state index contributed by atoms with van der Waals surface area (Å²) in [7, 11) is 0. The molecule has 0 amide bonds. The molecule has 13 heavy (non-hydrogen) atoms. The van der Waals surface area contributed by atoms with Crippen molar-refractivity contribution < 1.29 is 0 Å². The largest absolute Gasteiger partial charge is 0.360 e. The SMILES string of the molecule is CCC1(CN2CCCC2=N)CCC1. The highest BCUT2D eigenvalue weighted by molar-refractivity contribution is 5.80. The number of hydrogen-bond acceptors (Lipinski definition) is 1. The molecule has 0 bridgehead atoms. The molecule has 2 nitrogen and oxygen atoms in total. The van der Waals surface area contributed by atoms with E-state index >= 15 is 0 Å². The van der Waals surface area contributed by atoms with Crippen LogP contribution in [0.15, 0.2) is 0 Å². The molecule has 2 fully saturated rings. The van der Waals surface area contributed by atoms with Crippen LogP contribution in [-0.4, -0.2) is 23.8 Å². The highest BCUT2D eigenvalue weighted by atomic mass is 15.2. The summed E-state index contributed by atoms with van der Waals surface area (Å²) in [5.41, 5.74) is 0.594. The average molecular weight is 180 g/mol. The predicted octanol–water partition coefficient (Wildman–Crippen LogP) is 2.64. The Hall–Kier alpha value is -0.530. The van der Waals surface area contributed by atoms with Gasteiger partial charge >= 0.3 is 0 Å². The Morgan fingerprint density at radius 1 is 1.38 bits per heavy atom. The van der Waals surface area contributed by atoms with E-state index in [1.165, 1.54) is 38.6 Å². The first-order valence-electron chi connectivity index (χ1n) is 5.58. The van der Waals surface area contributed by atoms with Crippen molar-refractivity contribution in [2.45, 2.75) is 45.4 Å². The maximum atomic E-state index is 7.79.